The molecule has 1 aliphatic rings. The first-order valence-corrected chi connectivity index (χ1v) is 8.11. The van der Waals surface area contributed by atoms with E-state index in [-0.39, 0.29) is 6.03 Å². The Hall–Kier alpha value is -0.420. The molecule has 0 spiro atoms. The largest absolute Gasteiger partial charge is 0.388 e. The molecule has 2 amide bonds. The molecule has 106 valence electrons. The van der Waals surface area contributed by atoms with E-state index in [1.165, 1.54) is 6.42 Å². The first-order chi connectivity index (χ1) is 8.53. The molecule has 2 atom stereocenters. The first kappa shape index (κ1) is 15.6. The second-order valence-electron chi connectivity index (χ2n) is 5.13. The van der Waals surface area contributed by atoms with Gasteiger partial charge in [-0.25, -0.2) is 4.79 Å². The van der Waals surface area contributed by atoms with Crippen LogP contribution in [0.25, 0.3) is 0 Å². The highest BCUT2D eigenvalue weighted by atomic mass is 32.2. The van der Waals surface area contributed by atoms with Crippen LogP contribution >= 0.6 is 11.8 Å². The Bertz CT molecular complexity index is 270. The van der Waals surface area contributed by atoms with E-state index in [1.807, 2.05) is 25.6 Å². The molecular weight excluding hydrogens is 248 g/mol. The summed E-state index contributed by atoms with van der Waals surface area (Å²) < 4.78 is 0. The molecule has 5 heteroatoms. The van der Waals surface area contributed by atoms with Gasteiger partial charge in [0.05, 0.1) is 5.60 Å². The molecule has 0 aliphatic heterocycles. The maximum Gasteiger partial charge on any atom is 0.315 e. The van der Waals surface area contributed by atoms with E-state index in [1.54, 1.807) is 0 Å². The van der Waals surface area contributed by atoms with Crippen molar-refractivity contribution >= 4 is 17.8 Å². The van der Waals surface area contributed by atoms with Crippen molar-refractivity contribution < 1.29 is 9.90 Å². The van der Waals surface area contributed by atoms with Crippen molar-refractivity contribution in [3.63, 3.8) is 0 Å². The number of amides is 2. The quantitative estimate of drug-likeness (QED) is 0.695. The van der Waals surface area contributed by atoms with E-state index in [4.69, 9.17) is 0 Å². The Morgan fingerprint density at radius 2 is 2.06 bits per heavy atom. The fraction of sp³-hybridized carbons (Fsp3) is 0.923. The van der Waals surface area contributed by atoms with Crippen molar-refractivity contribution in [1.82, 2.24) is 10.6 Å². The fourth-order valence-corrected chi connectivity index (χ4v) is 3.06. The summed E-state index contributed by atoms with van der Waals surface area (Å²) in [5.74, 6) is 0. The van der Waals surface area contributed by atoms with Crippen LogP contribution in [0.5, 0.6) is 0 Å². The summed E-state index contributed by atoms with van der Waals surface area (Å²) in [6.07, 6.45) is 6.73. The number of rotatable bonds is 6. The van der Waals surface area contributed by atoms with Gasteiger partial charge in [-0.05, 0) is 38.4 Å². The van der Waals surface area contributed by atoms with Crippen molar-refractivity contribution in [2.45, 2.75) is 62.8 Å². The average molecular weight is 274 g/mol. The van der Waals surface area contributed by atoms with Crippen LogP contribution in [0.15, 0.2) is 0 Å². The van der Waals surface area contributed by atoms with Crippen molar-refractivity contribution in [3.05, 3.63) is 0 Å². The second-order valence-corrected chi connectivity index (χ2v) is 6.26. The Morgan fingerprint density at radius 3 is 2.56 bits per heavy atom. The van der Waals surface area contributed by atoms with Gasteiger partial charge in [-0.2, -0.15) is 11.8 Å². The van der Waals surface area contributed by atoms with Gasteiger partial charge in [0.1, 0.15) is 0 Å². The molecule has 2 unspecified atom stereocenters. The number of carbonyl (C=O) groups excluding carboxylic acids is 1. The number of nitrogens with one attached hydrogen (secondary N) is 2. The zero-order valence-electron chi connectivity index (χ0n) is 11.7. The van der Waals surface area contributed by atoms with E-state index in [2.05, 4.69) is 16.9 Å². The molecule has 0 bridgehead atoms. The van der Waals surface area contributed by atoms with Gasteiger partial charge in [-0.15, -0.1) is 0 Å². The van der Waals surface area contributed by atoms with Gasteiger partial charge in [0.2, 0.25) is 0 Å². The smallest absolute Gasteiger partial charge is 0.315 e. The standard InChI is InChI=1S/C13H26N2O2S/c1-4-13(17,5-2)9-14-12(16)15-10-6-7-11(8-10)18-3/h10-11,17H,4-9H2,1-3H3,(H2,14,15,16). The minimum absolute atomic E-state index is 0.151. The minimum atomic E-state index is -0.769. The molecule has 0 aromatic carbocycles. The van der Waals surface area contributed by atoms with Crippen LogP contribution in [0.1, 0.15) is 46.0 Å². The van der Waals surface area contributed by atoms with Gasteiger partial charge in [0.25, 0.3) is 0 Å². The van der Waals surface area contributed by atoms with Gasteiger partial charge in [-0.1, -0.05) is 13.8 Å². The lowest BCUT2D eigenvalue weighted by Gasteiger charge is -2.25. The van der Waals surface area contributed by atoms with Crippen molar-refractivity contribution in [3.8, 4) is 0 Å². The Balaban J connectivity index is 2.26. The second kappa shape index (κ2) is 7.24. The van der Waals surface area contributed by atoms with Crippen LogP contribution in [-0.4, -0.2) is 40.8 Å². The van der Waals surface area contributed by atoms with Crippen LogP contribution < -0.4 is 10.6 Å². The van der Waals surface area contributed by atoms with Crippen LogP contribution in [0.3, 0.4) is 0 Å². The number of carbonyl (C=O) groups is 1. The van der Waals surface area contributed by atoms with Crippen LogP contribution in [0.4, 0.5) is 4.79 Å². The van der Waals surface area contributed by atoms with Gasteiger partial charge >= 0.3 is 6.03 Å². The monoisotopic (exact) mass is 274 g/mol. The first-order valence-electron chi connectivity index (χ1n) is 6.82. The summed E-state index contributed by atoms with van der Waals surface area (Å²) in [4.78, 5) is 11.7. The van der Waals surface area contributed by atoms with Gasteiger partial charge in [0.15, 0.2) is 0 Å². The van der Waals surface area contributed by atoms with Gasteiger partial charge in [-0.3, -0.25) is 0 Å². The van der Waals surface area contributed by atoms with Crippen molar-refractivity contribution in [1.29, 1.82) is 0 Å². The third kappa shape index (κ3) is 4.69. The Kier molecular flexibility index (Phi) is 6.29. The van der Waals surface area contributed by atoms with E-state index in [0.717, 1.165) is 12.8 Å². The summed E-state index contributed by atoms with van der Waals surface area (Å²) in [5, 5.41) is 16.5. The Labute approximate surface area is 114 Å². The molecule has 4 nitrogen and oxygen atoms in total. The maximum atomic E-state index is 11.7. The van der Waals surface area contributed by atoms with Crippen LogP contribution in [-0.2, 0) is 0 Å². The molecule has 1 aliphatic carbocycles. The fourth-order valence-electron chi connectivity index (χ4n) is 2.27. The number of urea groups is 1. The molecule has 1 fully saturated rings. The summed E-state index contributed by atoms with van der Waals surface area (Å²) >= 11 is 1.88. The lowest BCUT2D eigenvalue weighted by molar-refractivity contribution is 0.0348. The van der Waals surface area contributed by atoms with E-state index in [9.17, 15) is 9.90 Å². The summed E-state index contributed by atoms with van der Waals surface area (Å²) in [5.41, 5.74) is -0.769. The highest BCUT2D eigenvalue weighted by Gasteiger charge is 2.26. The average Bonchev–Trinajstić information content (AvgIpc) is 2.83. The zero-order valence-corrected chi connectivity index (χ0v) is 12.5. The van der Waals surface area contributed by atoms with Crippen molar-refractivity contribution in [2.75, 3.05) is 12.8 Å². The summed E-state index contributed by atoms with van der Waals surface area (Å²) in [6, 6.07) is 0.140. The maximum absolute atomic E-state index is 11.7. The predicted molar refractivity (Wildman–Crippen MR) is 77.0 cm³/mol. The molecule has 0 radical (unpaired) electrons. The number of hydrogen-bond donors (Lipinski definition) is 3. The molecule has 1 saturated carbocycles. The third-order valence-corrected chi connectivity index (χ3v) is 5.04. The zero-order chi connectivity index (χ0) is 13.6. The predicted octanol–water partition coefficient (Wildman–Crippen LogP) is 2.12. The molecule has 18 heavy (non-hydrogen) atoms. The molecule has 3 N–H and O–H groups in total. The third-order valence-electron chi connectivity index (χ3n) is 3.95. The van der Waals surface area contributed by atoms with E-state index < -0.39 is 5.60 Å². The lowest BCUT2D eigenvalue weighted by atomic mass is 9.98. The van der Waals surface area contributed by atoms with E-state index >= 15 is 0 Å². The normalized spacial score (nSPS) is 24.0. The Morgan fingerprint density at radius 1 is 1.39 bits per heavy atom. The molecule has 0 aromatic heterocycles. The molecule has 0 heterocycles. The van der Waals surface area contributed by atoms with Crippen LogP contribution in [0, 0.1) is 0 Å². The van der Waals surface area contributed by atoms with Gasteiger partial charge in [0, 0.05) is 17.8 Å². The van der Waals surface area contributed by atoms with E-state index in [0.29, 0.717) is 30.7 Å². The number of thioether (sulfide) groups is 1. The van der Waals surface area contributed by atoms with Gasteiger partial charge < -0.3 is 15.7 Å². The topological polar surface area (TPSA) is 61.4 Å². The number of aliphatic hydroxyl groups is 1. The summed E-state index contributed by atoms with van der Waals surface area (Å²) in [6.45, 7) is 4.19. The minimum Gasteiger partial charge on any atom is -0.388 e. The molecule has 0 saturated heterocycles. The molecule has 1 rings (SSSR count). The highest BCUT2D eigenvalue weighted by Crippen LogP contribution is 2.28. The summed E-state index contributed by atoms with van der Waals surface area (Å²) in [7, 11) is 0. The number of hydrogen-bond acceptors (Lipinski definition) is 3. The highest BCUT2D eigenvalue weighted by molar-refractivity contribution is 7.99. The van der Waals surface area contributed by atoms with Crippen molar-refractivity contribution in [2.24, 2.45) is 0 Å². The van der Waals surface area contributed by atoms with Crippen LogP contribution in [0.2, 0.25) is 0 Å². The SMILES string of the molecule is CCC(O)(CC)CNC(=O)NC1CCC(SC)C1. The molecular formula is C13H26N2O2S. The molecule has 0 aromatic rings. The lowest BCUT2D eigenvalue weighted by Crippen LogP contribution is -2.48.